The standard InChI is InChI=1S/C22H23ClF3N9O3/c1-12(38-3)19-16(10-28-18-7-17(23)33-35(18)19)32-21(36)31-13-6-15(22(24,25)26)20(29-8-13)34-11-14(9-30-34)27-4-5-37-2/h6-12,27H,4-5H2,1-3H3,(H2,31,32,36)/t12-/m0/s1. The van der Waals surface area contributed by atoms with Crippen molar-refractivity contribution in [1.29, 1.82) is 0 Å². The number of rotatable bonds is 9. The molecule has 0 aliphatic rings. The minimum atomic E-state index is -4.78. The highest BCUT2D eigenvalue weighted by molar-refractivity contribution is 6.29. The third-order valence-electron chi connectivity index (χ3n) is 5.34. The summed E-state index contributed by atoms with van der Waals surface area (Å²) < 4.78 is 54.4. The van der Waals surface area contributed by atoms with Gasteiger partial charge in [-0.2, -0.15) is 23.4 Å². The van der Waals surface area contributed by atoms with Gasteiger partial charge in [0.25, 0.3) is 0 Å². The highest BCUT2D eigenvalue weighted by atomic mass is 35.5. The van der Waals surface area contributed by atoms with Gasteiger partial charge in [0.15, 0.2) is 16.6 Å². The fourth-order valence-electron chi connectivity index (χ4n) is 3.55. The van der Waals surface area contributed by atoms with Gasteiger partial charge in [0.2, 0.25) is 0 Å². The summed E-state index contributed by atoms with van der Waals surface area (Å²) in [4.78, 5) is 20.8. The summed E-state index contributed by atoms with van der Waals surface area (Å²) in [7, 11) is 3.00. The average molecular weight is 554 g/mol. The van der Waals surface area contributed by atoms with E-state index in [9.17, 15) is 18.0 Å². The first-order valence-electron chi connectivity index (χ1n) is 11.1. The van der Waals surface area contributed by atoms with Crippen molar-refractivity contribution in [2.24, 2.45) is 0 Å². The van der Waals surface area contributed by atoms with Gasteiger partial charge in [-0.05, 0) is 13.0 Å². The summed E-state index contributed by atoms with van der Waals surface area (Å²) in [6.07, 6.45) is -0.106. The van der Waals surface area contributed by atoms with Gasteiger partial charge in [-0.25, -0.2) is 24.0 Å². The molecule has 0 fully saturated rings. The van der Waals surface area contributed by atoms with Crippen LogP contribution < -0.4 is 16.0 Å². The Morgan fingerprint density at radius 3 is 2.63 bits per heavy atom. The summed E-state index contributed by atoms with van der Waals surface area (Å²) in [6, 6.07) is 1.47. The Hall–Kier alpha value is -3.95. The van der Waals surface area contributed by atoms with Gasteiger partial charge in [-0.15, -0.1) is 0 Å². The predicted octanol–water partition coefficient (Wildman–Crippen LogP) is 4.39. The first kappa shape index (κ1) is 27.1. The van der Waals surface area contributed by atoms with Gasteiger partial charge < -0.3 is 25.4 Å². The molecule has 0 aliphatic heterocycles. The second kappa shape index (κ2) is 11.2. The van der Waals surface area contributed by atoms with Gasteiger partial charge in [0.05, 0.1) is 60.3 Å². The molecule has 16 heteroatoms. The molecule has 4 rings (SSSR count). The van der Waals surface area contributed by atoms with E-state index >= 15 is 0 Å². The van der Waals surface area contributed by atoms with Crippen LogP contribution in [0.1, 0.15) is 24.3 Å². The molecule has 0 bridgehead atoms. The number of fused-ring (bicyclic) bond motifs is 1. The topological polar surface area (TPSA) is 133 Å². The fourth-order valence-corrected chi connectivity index (χ4v) is 3.72. The first-order valence-corrected chi connectivity index (χ1v) is 11.5. The minimum Gasteiger partial charge on any atom is -0.383 e. The number of nitrogens with zero attached hydrogens (tertiary/aromatic N) is 6. The number of urea groups is 1. The second-order valence-electron chi connectivity index (χ2n) is 7.94. The highest BCUT2D eigenvalue weighted by Gasteiger charge is 2.36. The van der Waals surface area contributed by atoms with E-state index in [2.05, 4.69) is 36.1 Å². The van der Waals surface area contributed by atoms with Crippen LogP contribution in [0, 0.1) is 0 Å². The Balaban J connectivity index is 1.58. The molecular formula is C22H23ClF3N9O3. The smallest absolute Gasteiger partial charge is 0.383 e. The van der Waals surface area contributed by atoms with E-state index in [0.717, 1.165) is 16.9 Å². The van der Waals surface area contributed by atoms with Crippen molar-refractivity contribution in [3.63, 3.8) is 0 Å². The number of amides is 2. The van der Waals surface area contributed by atoms with E-state index in [1.165, 1.54) is 43.4 Å². The van der Waals surface area contributed by atoms with Crippen molar-refractivity contribution < 1.29 is 27.4 Å². The van der Waals surface area contributed by atoms with Gasteiger partial charge >= 0.3 is 12.2 Å². The highest BCUT2D eigenvalue weighted by Crippen LogP contribution is 2.35. The molecule has 4 aromatic heterocycles. The average Bonchev–Trinajstić information content (AvgIpc) is 3.49. The quantitative estimate of drug-likeness (QED) is 0.260. The Kier molecular flexibility index (Phi) is 7.99. The van der Waals surface area contributed by atoms with E-state index in [0.29, 0.717) is 30.2 Å². The van der Waals surface area contributed by atoms with E-state index in [1.54, 1.807) is 6.92 Å². The number of carbonyl (C=O) groups excluding carboxylic acids is 1. The molecule has 4 aromatic rings. The number of pyridine rings is 1. The lowest BCUT2D eigenvalue weighted by atomic mass is 10.2. The van der Waals surface area contributed by atoms with Gasteiger partial charge in [-0.3, -0.25) is 0 Å². The zero-order chi connectivity index (χ0) is 27.4. The predicted molar refractivity (Wildman–Crippen MR) is 133 cm³/mol. The molecule has 0 radical (unpaired) electrons. The molecule has 2 amide bonds. The molecule has 4 heterocycles. The largest absolute Gasteiger partial charge is 0.420 e. The summed E-state index contributed by atoms with van der Waals surface area (Å²) in [5.41, 5.74) is 0.271. The molecule has 0 saturated heterocycles. The lowest BCUT2D eigenvalue weighted by Gasteiger charge is -2.17. The number of ether oxygens (including phenoxy) is 2. The van der Waals surface area contributed by atoms with Crippen LogP contribution in [0.5, 0.6) is 0 Å². The van der Waals surface area contributed by atoms with Crippen LogP contribution >= 0.6 is 11.6 Å². The van der Waals surface area contributed by atoms with E-state index in [-0.39, 0.29) is 16.5 Å². The zero-order valence-corrected chi connectivity index (χ0v) is 21.1. The lowest BCUT2D eigenvalue weighted by molar-refractivity contribution is -0.137. The maximum Gasteiger partial charge on any atom is 0.420 e. The molecular weight excluding hydrogens is 531 g/mol. The van der Waals surface area contributed by atoms with Gasteiger partial charge in [0, 0.05) is 26.8 Å². The second-order valence-corrected chi connectivity index (χ2v) is 8.32. The van der Waals surface area contributed by atoms with Gasteiger partial charge in [0.1, 0.15) is 5.56 Å². The number of carbonyl (C=O) groups is 1. The Morgan fingerprint density at radius 1 is 1.13 bits per heavy atom. The molecule has 0 spiro atoms. The number of methoxy groups -OCH3 is 2. The molecule has 0 saturated carbocycles. The van der Waals surface area contributed by atoms with Crippen LogP contribution in [0.4, 0.5) is 35.0 Å². The molecule has 0 aromatic carbocycles. The van der Waals surface area contributed by atoms with Crippen molar-refractivity contribution in [3.8, 4) is 5.82 Å². The third-order valence-corrected chi connectivity index (χ3v) is 5.53. The number of hydrogen-bond donors (Lipinski definition) is 3. The molecule has 1 atom stereocenters. The maximum absolute atomic E-state index is 13.9. The van der Waals surface area contributed by atoms with Crippen LogP contribution in [-0.4, -0.2) is 62.8 Å². The van der Waals surface area contributed by atoms with Crippen LogP contribution in [0.3, 0.4) is 0 Å². The summed E-state index contributed by atoms with van der Waals surface area (Å²) >= 11 is 5.98. The molecule has 12 nitrogen and oxygen atoms in total. The number of anilines is 3. The Morgan fingerprint density at radius 2 is 1.92 bits per heavy atom. The number of alkyl halides is 3. The number of hydrogen-bond acceptors (Lipinski definition) is 8. The number of halogens is 4. The molecule has 0 unspecified atom stereocenters. The monoisotopic (exact) mass is 553 g/mol. The van der Waals surface area contributed by atoms with Gasteiger partial charge in [-0.1, -0.05) is 11.6 Å². The van der Waals surface area contributed by atoms with Crippen molar-refractivity contribution in [3.05, 3.63) is 53.3 Å². The van der Waals surface area contributed by atoms with Crippen molar-refractivity contribution in [2.75, 3.05) is 43.3 Å². The molecule has 202 valence electrons. The lowest BCUT2D eigenvalue weighted by Crippen LogP contribution is -2.23. The van der Waals surface area contributed by atoms with E-state index < -0.39 is 29.7 Å². The van der Waals surface area contributed by atoms with Crippen LogP contribution in [0.15, 0.2) is 36.9 Å². The van der Waals surface area contributed by atoms with Crippen LogP contribution in [-0.2, 0) is 15.7 Å². The molecule has 0 aliphatic carbocycles. The molecule has 3 N–H and O–H groups in total. The maximum atomic E-state index is 13.9. The normalized spacial score (nSPS) is 12.5. The van der Waals surface area contributed by atoms with Crippen LogP contribution in [0.2, 0.25) is 5.15 Å². The summed E-state index contributed by atoms with van der Waals surface area (Å²) in [5, 5.41) is 16.2. The fraction of sp³-hybridized carbons (Fsp3) is 0.318. The van der Waals surface area contributed by atoms with Crippen molar-refractivity contribution >= 4 is 40.3 Å². The Bertz CT molecular complexity index is 1440. The zero-order valence-electron chi connectivity index (χ0n) is 20.4. The summed E-state index contributed by atoms with van der Waals surface area (Å²) in [6.45, 7) is 2.57. The minimum absolute atomic E-state index is 0.185. The third kappa shape index (κ3) is 5.95. The van der Waals surface area contributed by atoms with Crippen LogP contribution in [0.25, 0.3) is 11.5 Å². The summed E-state index contributed by atoms with van der Waals surface area (Å²) in [5.74, 6) is -0.454. The van der Waals surface area contributed by atoms with Crippen molar-refractivity contribution in [1.82, 2.24) is 29.4 Å². The van der Waals surface area contributed by atoms with E-state index in [4.69, 9.17) is 21.1 Å². The number of aromatic nitrogens is 6. The van der Waals surface area contributed by atoms with Crippen molar-refractivity contribution in [2.45, 2.75) is 19.2 Å². The first-order chi connectivity index (χ1) is 18.1. The van der Waals surface area contributed by atoms with E-state index in [1.807, 2.05) is 0 Å². The Labute approximate surface area is 219 Å². The SMILES string of the molecule is COCCNc1cnn(-c2ncc(NC(=O)Nc3cnc4cc(Cl)nn4c3[C@H](C)OC)cc2C(F)(F)F)c1. The molecule has 38 heavy (non-hydrogen) atoms. The number of nitrogens with one attached hydrogen (secondary N) is 3.